The fourth-order valence-electron chi connectivity index (χ4n) is 5.14. The number of para-hydroxylation sites is 1. The highest BCUT2D eigenvalue weighted by atomic mass is 16.2. The number of nitrogens with zero attached hydrogens (tertiary/aromatic N) is 2. The Balaban J connectivity index is 2.22. The molecule has 0 saturated heterocycles. The monoisotopic (exact) mass is 425 g/mol. The van der Waals surface area contributed by atoms with Gasteiger partial charge in [0.1, 0.15) is 5.52 Å². The van der Waals surface area contributed by atoms with E-state index in [1.54, 1.807) is 18.5 Å². The molecule has 0 saturated carbocycles. The average Bonchev–Trinajstić information content (AvgIpc) is 3.18. The van der Waals surface area contributed by atoms with Crippen LogP contribution in [0.3, 0.4) is 0 Å². The number of hydrogen-bond acceptors (Lipinski definition) is 5. The minimum absolute atomic E-state index is 0.0859. The van der Waals surface area contributed by atoms with Gasteiger partial charge >= 0.3 is 0 Å². The molecule has 0 radical (unpaired) electrons. The number of aromatic amines is 1. The first-order chi connectivity index (χ1) is 15.2. The summed E-state index contributed by atoms with van der Waals surface area (Å²) in [6.45, 7) is 1.60. The van der Waals surface area contributed by atoms with Gasteiger partial charge in [-0.05, 0) is 18.6 Å². The molecule has 6 rings (SSSR count). The highest BCUT2D eigenvalue weighted by molar-refractivity contribution is 6.32. The summed E-state index contributed by atoms with van der Waals surface area (Å²) < 4.78 is 2.73. The average molecular weight is 425 g/mol. The van der Waals surface area contributed by atoms with Gasteiger partial charge in [-0.2, -0.15) is 0 Å². The summed E-state index contributed by atoms with van der Waals surface area (Å²) in [5.41, 5.74) is -1.37. The van der Waals surface area contributed by atoms with Crippen molar-refractivity contribution < 1.29 is 0 Å². The maximum absolute atomic E-state index is 13.8. The quantitative estimate of drug-likeness (QED) is 0.370. The summed E-state index contributed by atoms with van der Waals surface area (Å²) in [5.74, 6) is 0. The van der Waals surface area contributed by atoms with Crippen molar-refractivity contribution >= 4 is 54.3 Å². The van der Waals surface area contributed by atoms with Crippen LogP contribution in [0.1, 0.15) is 5.56 Å². The topological polar surface area (TPSA) is 111 Å². The maximum Gasteiger partial charge on any atom is 0.263 e. The van der Waals surface area contributed by atoms with Crippen molar-refractivity contribution in [3.63, 3.8) is 0 Å². The zero-order chi connectivity index (χ0) is 22.6. The van der Waals surface area contributed by atoms with Gasteiger partial charge < -0.3 is 9.55 Å². The van der Waals surface area contributed by atoms with Crippen molar-refractivity contribution in [1.29, 1.82) is 0 Å². The van der Waals surface area contributed by atoms with E-state index in [4.69, 9.17) is 0 Å². The Morgan fingerprint density at radius 3 is 2.12 bits per heavy atom. The Morgan fingerprint density at radius 1 is 0.719 bits per heavy atom. The zero-order valence-corrected chi connectivity index (χ0v) is 17.3. The van der Waals surface area contributed by atoms with E-state index in [0.717, 1.165) is 10.1 Å². The van der Waals surface area contributed by atoms with Gasteiger partial charge in [0.25, 0.3) is 11.1 Å². The molecular weight excluding hydrogens is 410 g/mol. The van der Waals surface area contributed by atoms with Crippen molar-refractivity contribution in [2.24, 2.45) is 14.1 Å². The molecule has 3 aromatic heterocycles. The van der Waals surface area contributed by atoms with Crippen LogP contribution in [-0.2, 0) is 14.1 Å². The van der Waals surface area contributed by atoms with Crippen LogP contribution in [0.4, 0.5) is 0 Å². The Hall–Kier alpha value is -4.33. The first-order valence-corrected chi connectivity index (χ1v) is 9.96. The Morgan fingerprint density at radius 2 is 1.38 bits per heavy atom. The number of nitrogens with one attached hydrogen (secondary N) is 1. The van der Waals surface area contributed by atoms with Crippen LogP contribution < -0.4 is 27.5 Å². The van der Waals surface area contributed by atoms with E-state index >= 15 is 0 Å². The van der Waals surface area contributed by atoms with Gasteiger partial charge in [0.05, 0.1) is 21.7 Å². The molecule has 0 aliphatic rings. The fourth-order valence-corrected chi connectivity index (χ4v) is 5.14. The third kappa shape index (κ3) is 1.90. The minimum atomic E-state index is -0.645. The lowest BCUT2D eigenvalue weighted by atomic mass is 9.95. The van der Waals surface area contributed by atoms with Crippen LogP contribution in [0.15, 0.2) is 54.3 Å². The molecule has 156 valence electrons. The molecule has 6 aromatic rings. The maximum atomic E-state index is 13.8. The lowest BCUT2D eigenvalue weighted by Gasteiger charge is -2.07. The molecule has 8 heteroatoms. The van der Waals surface area contributed by atoms with E-state index in [1.165, 1.54) is 13.1 Å². The minimum Gasteiger partial charge on any atom is -0.343 e. The molecule has 3 heterocycles. The van der Waals surface area contributed by atoms with E-state index in [-0.39, 0.29) is 32.4 Å². The molecule has 0 bridgehead atoms. The van der Waals surface area contributed by atoms with Crippen molar-refractivity contribution in [3.05, 3.63) is 87.4 Å². The second kappa shape index (κ2) is 5.67. The number of aromatic nitrogens is 3. The van der Waals surface area contributed by atoms with E-state index in [1.807, 2.05) is 24.3 Å². The van der Waals surface area contributed by atoms with Gasteiger partial charge in [-0.3, -0.25) is 28.5 Å². The molecule has 8 nitrogen and oxygen atoms in total. The summed E-state index contributed by atoms with van der Waals surface area (Å²) in [6.07, 6.45) is 0. The highest BCUT2D eigenvalue weighted by Gasteiger charge is 2.27. The van der Waals surface area contributed by atoms with E-state index < -0.39 is 27.5 Å². The third-order valence-electron chi connectivity index (χ3n) is 6.53. The van der Waals surface area contributed by atoms with Crippen LogP contribution in [0.2, 0.25) is 0 Å². The molecule has 1 N–H and O–H groups in total. The van der Waals surface area contributed by atoms with Crippen LogP contribution in [-0.4, -0.2) is 14.1 Å². The van der Waals surface area contributed by atoms with Gasteiger partial charge in [0, 0.05) is 47.2 Å². The summed E-state index contributed by atoms with van der Waals surface area (Å²) in [5, 5.41) is 1.27. The van der Waals surface area contributed by atoms with Gasteiger partial charge in [-0.25, -0.2) is 0 Å². The molecule has 0 spiro atoms. The summed E-state index contributed by atoms with van der Waals surface area (Å²) in [4.78, 5) is 68.2. The van der Waals surface area contributed by atoms with Crippen molar-refractivity contribution in [1.82, 2.24) is 14.1 Å². The zero-order valence-electron chi connectivity index (χ0n) is 17.3. The van der Waals surface area contributed by atoms with Crippen LogP contribution in [0.5, 0.6) is 0 Å². The fraction of sp³-hybridized carbons (Fsp3) is 0.125. The summed E-state index contributed by atoms with van der Waals surface area (Å²) in [7, 11) is 3.11. The van der Waals surface area contributed by atoms with Gasteiger partial charge in [0.2, 0.25) is 11.0 Å². The number of H-pyrrole nitrogens is 1. The molecule has 32 heavy (non-hydrogen) atoms. The van der Waals surface area contributed by atoms with Crippen molar-refractivity contribution in [2.75, 3.05) is 0 Å². The Bertz CT molecular complexity index is 2120. The number of aryl methyl sites for hydroxylation is 2. The molecule has 0 fully saturated rings. The van der Waals surface area contributed by atoms with E-state index in [9.17, 15) is 24.0 Å². The first-order valence-electron chi connectivity index (χ1n) is 9.96. The lowest BCUT2D eigenvalue weighted by molar-refractivity contribution is 0.856. The van der Waals surface area contributed by atoms with Crippen molar-refractivity contribution in [3.8, 4) is 0 Å². The summed E-state index contributed by atoms with van der Waals surface area (Å²) in [6, 6.07) is 8.59. The molecule has 0 aliphatic heterocycles. The second-order valence-electron chi connectivity index (χ2n) is 8.19. The van der Waals surface area contributed by atoms with E-state index in [0.29, 0.717) is 21.9 Å². The summed E-state index contributed by atoms with van der Waals surface area (Å²) >= 11 is 0. The van der Waals surface area contributed by atoms with Crippen LogP contribution in [0.25, 0.3) is 54.3 Å². The number of benzene rings is 3. The Kier molecular flexibility index (Phi) is 3.27. The molecule has 0 amide bonds. The number of rotatable bonds is 0. The van der Waals surface area contributed by atoms with Gasteiger partial charge in [-0.15, -0.1) is 0 Å². The molecular formula is C24H15N3O5. The SMILES string of the molecule is Cc1cc(=O)[nH]c2c(=O)c3c4c(=O)n(C)c(=O)c4c4c(c5ccccc5n4C)c3c(=O)c12. The second-order valence-corrected chi connectivity index (χ2v) is 8.19. The standard InChI is InChI=1S/C24H15N3O5/c1-9-8-12(28)25-19-13(9)21(29)15-14-10-6-4-5-7-11(10)26(2)20(14)18-17(16(15)22(19)30)23(31)27(3)24(18)32/h4-8H,1-3H3,(H,25,28). The Labute approximate surface area is 177 Å². The lowest BCUT2D eigenvalue weighted by Crippen LogP contribution is -2.22. The predicted molar refractivity (Wildman–Crippen MR) is 125 cm³/mol. The number of hydrogen-bond donors (Lipinski definition) is 1. The molecule has 0 aliphatic carbocycles. The predicted octanol–water partition coefficient (Wildman–Crippen LogP) is 1.44. The smallest absolute Gasteiger partial charge is 0.263 e. The largest absolute Gasteiger partial charge is 0.343 e. The molecule has 0 atom stereocenters. The molecule has 0 unspecified atom stereocenters. The van der Waals surface area contributed by atoms with Crippen molar-refractivity contribution in [2.45, 2.75) is 6.92 Å². The van der Waals surface area contributed by atoms with E-state index in [2.05, 4.69) is 4.98 Å². The first kappa shape index (κ1) is 18.4. The molecule has 3 aromatic carbocycles. The number of pyridine rings is 1. The van der Waals surface area contributed by atoms with Crippen LogP contribution in [0, 0.1) is 6.92 Å². The highest BCUT2D eigenvalue weighted by Crippen LogP contribution is 2.36. The normalized spacial score (nSPS) is 12.2. The van der Waals surface area contributed by atoms with Gasteiger partial charge in [-0.1, -0.05) is 18.2 Å². The number of fused-ring (bicyclic) bond motifs is 9. The van der Waals surface area contributed by atoms with Gasteiger partial charge in [0.15, 0.2) is 5.43 Å². The third-order valence-corrected chi connectivity index (χ3v) is 6.53. The van der Waals surface area contributed by atoms with Crippen LogP contribution >= 0.6 is 0 Å².